The minimum Gasteiger partial charge on any atom is -0.444 e. The fourth-order valence-corrected chi connectivity index (χ4v) is 2.27. The van der Waals surface area contributed by atoms with Crippen LogP contribution in [0.15, 0.2) is 0 Å². The number of anilines is 1. The fourth-order valence-electron chi connectivity index (χ4n) is 2.27. The zero-order valence-electron chi connectivity index (χ0n) is 12.2. The van der Waals surface area contributed by atoms with E-state index in [-0.39, 0.29) is 12.1 Å². The van der Waals surface area contributed by atoms with Crippen LogP contribution in [0.2, 0.25) is 0 Å². The van der Waals surface area contributed by atoms with Gasteiger partial charge in [0.2, 0.25) is 0 Å². The SMILES string of the molecule is Cc1nc2n(c1N)CCN(C(=O)OC(C)(C)C)C2C. The summed E-state index contributed by atoms with van der Waals surface area (Å²) in [6.07, 6.45) is -0.300. The molecule has 1 amide bonds. The average Bonchev–Trinajstić information content (AvgIpc) is 2.55. The van der Waals surface area contributed by atoms with Crippen LogP contribution in [0.4, 0.5) is 10.6 Å². The summed E-state index contributed by atoms with van der Waals surface area (Å²) in [4.78, 5) is 18.3. The second-order valence-electron chi connectivity index (χ2n) is 5.94. The van der Waals surface area contributed by atoms with Gasteiger partial charge in [-0.15, -0.1) is 0 Å². The van der Waals surface area contributed by atoms with E-state index in [1.165, 1.54) is 0 Å². The van der Waals surface area contributed by atoms with Crippen molar-refractivity contribution in [3.8, 4) is 0 Å². The van der Waals surface area contributed by atoms with E-state index >= 15 is 0 Å². The minimum absolute atomic E-state index is 0.125. The molecular formula is C13H22N4O2. The Hall–Kier alpha value is -1.72. The highest BCUT2D eigenvalue weighted by molar-refractivity contribution is 5.69. The molecule has 2 heterocycles. The van der Waals surface area contributed by atoms with E-state index in [9.17, 15) is 4.79 Å². The van der Waals surface area contributed by atoms with Crippen molar-refractivity contribution < 1.29 is 9.53 Å². The molecule has 0 bridgehead atoms. The molecule has 2 rings (SSSR count). The number of carbonyl (C=O) groups is 1. The molecule has 1 unspecified atom stereocenters. The van der Waals surface area contributed by atoms with Gasteiger partial charge in [-0.1, -0.05) is 0 Å². The van der Waals surface area contributed by atoms with Crippen LogP contribution in [0.1, 0.15) is 45.3 Å². The number of nitrogens with zero attached hydrogens (tertiary/aromatic N) is 3. The van der Waals surface area contributed by atoms with Crippen molar-refractivity contribution in [1.29, 1.82) is 0 Å². The number of carbonyl (C=O) groups excluding carboxylic acids is 1. The van der Waals surface area contributed by atoms with E-state index in [1.54, 1.807) is 4.90 Å². The summed E-state index contributed by atoms with van der Waals surface area (Å²) in [7, 11) is 0. The number of rotatable bonds is 0. The summed E-state index contributed by atoms with van der Waals surface area (Å²) in [6, 6.07) is -0.125. The van der Waals surface area contributed by atoms with Crippen LogP contribution in [0.3, 0.4) is 0 Å². The Morgan fingerprint density at radius 2 is 2.05 bits per heavy atom. The molecule has 1 aromatic heterocycles. The number of amides is 1. The van der Waals surface area contributed by atoms with Gasteiger partial charge in [-0.2, -0.15) is 0 Å². The first-order valence-electron chi connectivity index (χ1n) is 6.53. The molecule has 0 fully saturated rings. The van der Waals surface area contributed by atoms with Crippen LogP contribution >= 0.6 is 0 Å². The summed E-state index contributed by atoms with van der Waals surface area (Å²) >= 11 is 0. The maximum Gasteiger partial charge on any atom is 0.410 e. The Morgan fingerprint density at radius 3 is 2.63 bits per heavy atom. The standard InChI is InChI=1S/C13H22N4O2/c1-8-10(14)17-7-6-16(9(2)11(17)15-8)12(18)19-13(3,4)5/h9H,6-7,14H2,1-5H3. The summed E-state index contributed by atoms with van der Waals surface area (Å²) in [5.74, 6) is 1.51. The van der Waals surface area contributed by atoms with Crippen LogP contribution in [0.25, 0.3) is 0 Å². The van der Waals surface area contributed by atoms with E-state index in [4.69, 9.17) is 10.5 Å². The molecule has 106 valence electrons. The lowest BCUT2D eigenvalue weighted by atomic mass is 10.2. The van der Waals surface area contributed by atoms with Crippen molar-refractivity contribution >= 4 is 11.9 Å². The largest absolute Gasteiger partial charge is 0.444 e. The second kappa shape index (κ2) is 4.43. The van der Waals surface area contributed by atoms with Gasteiger partial charge in [-0.25, -0.2) is 9.78 Å². The minimum atomic E-state index is -0.487. The molecule has 19 heavy (non-hydrogen) atoms. The molecule has 1 aliphatic heterocycles. The number of hydrogen-bond acceptors (Lipinski definition) is 4. The summed E-state index contributed by atoms with van der Waals surface area (Å²) < 4.78 is 7.39. The highest BCUT2D eigenvalue weighted by Gasteiger charge is 2.33. The fraction of sp³-hybridized carbons (Fsp3) is 0.692. The van der Waals surface area contributed by atoms with Gasteiger partial charge in [-0.3, -0.25) is 4.90 Å². The van der Waals surface area contributed by atoms with E-state index in [0.29, 0.717) is 18.9 Å². The van der Waals surface area contributed by atoms with Gasteiger partial charge in [0.25, 0.3) is 0 Å². The van der Waals surface area contributed by atoms with Crippen LogP contribution in [0, 0.1) is 6.92 Å². The zero-order chi connectivity index (χ0) is 14.4. The van der Waals surface area contributed by atoms with Crippen molar-refractivity contribution in [2.24, 2.45) is 0 Å². The van der Waals surface area contributed by atoms with Gasteiger partial charge in [0.1, 0.15) is 17.2 Å². The molecule has 1 aromatic rings. The monoisotopic (exact) mass is 266 g/mol. The van der Waals surface area contributed by atoms with Gasteiger partial charge in [0.15, 0.2) is 0 Å². The smallest absolute Gasteiger partial charge is 0.410 e. The quantitative estimate of drug-likeness (QED) is 0.780. The third-order valence-electron chi connectivity index (χ3n) is 3.25. The molecule has 1 aliphatic rings. The van der Waals surface area contributed by atoms with E-state index < -0.39 is 5.60 Å². The third kappa shape index (κ3) is 2.52. The highest BCUT2D eigenvalue weighted by atomic mass is 16.6. The van der Waals surface area contributed by atoms with Crippen molar-refractivity contribution in [1.82, 2.24) is 14.5 Å². The van der Waals surface area contributed by atoms with E-state index in [2.05, 4.69) is 4.98 Å². The van der Waals surface area contributed by atoms with Gasteiger partial charge in [0, 0.05) is 13.1 Å². The molecule has 0 saturated carbocycles. The molecule has 2 N–H and O–H groups in total. The first kappa shape index (κ1) is 13.7. The Labute approximate surface area is 113 Å². The summed E-state index contributed by atoms with van der Waals surface area (Å²) in [6.45, 7) is 10.7. The third-order valence-corrected chi connectivity index (χ3v) is 3.25. The van der Waals surface area contributed by atoms with Crippen LogP contribution in [-0.4, -0.2) is 32.7 Å². The molecule has 6 heteroatoms. The van der Waals surface area contributed by atoms with Crippen LogP contribution in [-0.2, 0) is 11.3 Å². The lowest BCUT2D eigenvalue weighted by Gasteiger charge is -2.35. The molecule has 0 aliphatic carbocycles. The van der Waals surface area contributed by atoms with Gasteiger partial charge in [-0.05, 0) is 34.6 Å². The molecular weight excluding hydrogens is 244 g/mol. The topological polar surface area (TPSA) is 73.4 Å². The molecule has 6 nitrogen and oxygen atoms in total. The number of imidazole rings is 1. The van der Waals surface area contributed by atoms with Crippen LogP contribution < -0.4 is 5.73 Å². The first-order chi connectivity index (χ1) is 8.70. The molecule has 1 atom stereocenters. The number of nitrogens with two attached hydrogens (primary N) is 1. The molecule has 0 spiro atoms. The highest BCUT2D eigenvalue weighted by Crippen LogP contribution is 2.29. The maximum absolute atomic E-state index is 12.2. The van der Waals surface area contributed by atoms with Crippen LogP contribution in [0.5, 0.6) is 0 Å². The molecule has 0 radical (unpaired) electrons. The summed E-state index contributed by atoms with van der Waals surface area (Å²) in [5.41, 5.74) is 6.30. The number of aromatic nitrogens is 2. The maximum atomic E-state index is 12.2. The normalized spacial score (nSPS) is 19.2. The zero-order valence-corrected chi connectivity index (χ0v) is 12.2. The first-order valence-corrected chi connectivity index (χ1v) is 6.53. The van der Waals surface area contributed by atoms with E-state index in [0.717, 1.165) is 11.5 Å². The van der Waals surface area contributed by atoms with Crippen molar-refractivity contribution in [3.05, 3.63) is 11.5 Å². The van der Waals surface area contributed by atoms with Gasteiger partial charge >= 0.3 is 6.09 Å². The summed E-state index contributed by atoms with van der Waals surface area (Å²) in [5, 5.41) is 0. The number of fused-ring (bicyclic) bond motifs is 1. The second-order valence-corrected chi connectivity index (χ2v) is 5.94. The van der Waals surface area contributed by atoms with Crippen molar-refractivity contribution in [2.75, 3.05) is 12.3 Å². The lowest BCUT2D eigenvalue weighted by molar-refractivity contribution is 0.0122. The van der Waals surface area contributed by atoms with Crippen molar-refractivity contribution in [3.63, 3.8) is 0 Å². The molecule has 0 aromatic carbocycles. The Bertz CT molecular complexity index is 501. The van der Waals surface area contributed by atoms with Gasteiger partial charge in [0.05, 0.1) is 11.7 Å². The predicted octanol–water partition coefficient (Wildman–Crippen LogP) is 2.09. The van der Waals surface area contributed by atoms with Crippen molar-refractivity contribution in [2.45, 2.75) is 52.8 Å². The Morgan fingerprint density at radius 1 is 1.42 bits per heavy atom. The number of aryl methyl sites for hydroxylation is 1. The Kier molecular flexibility index (Phi) is 3.20. The number of hydrogen-bond donors (Lipinski definition) is 1. The number of nitrogen functional groups attached to an aromatic ring is 1. The van der Waals surface area contributed by atoms with Gasteiger partial charge < -0.3 is 15.0 Å². The Balaban J connectivity index is 2.22. The van der Waals surface area contributed by atoms with E-state index in [1.807, 2.05) is 39.2 Å². The predicted molar refractivity (Wildman–Crippen MR) is 72.7 cm³/mol. The molecule has 0 saturated heterocycles. The average molecular weight is 266 g/mol. The lowest BCUT2D eigenvalue weighted by Crippen LogP contribution is -2.44. The number of ether oxygens (including phenoxy) is 1.